The minimum absolute atomic E-state index is 0.217. The van der Waals surface area contributed by atoms with Gasteiger partial charge in [0.1, 0.15) is 11.6 Å². The molecule has 2 rings (SSSR count). The summed E-state index contributed by atoms with van der Waals surface area (Å²) in [6, 6.07) is 3.54. The van der Waals surface area contributed by atoms with Crippen LogP contribution in [0.5, 0.6) is 5.75 Å². The lowest BCUT2D eigenvalue weighted by molar-refractivity contribution is 0.234. The normalized spacial score (nSPS) is 24.4. The van der Waals surface area contributed by atoms with Crippen molar-refractivity contribution in [3.63, 3.8) is 0 Å². The molecule has 1 aromatic rings. The Bertz CT molecular complexity index is 458. The van der Waals surface area contributed by atoms with E-state index in [-0.39, 0.29) is 11.9 Å². The third-order valence-corrected chi connectivity index (χ3v) is 5.06. The maximum atomic E-state index is 13.7. The first-order valence-corrected chi connectivity index (χ1v) is 8.06. The predicted octanol–water partition coefficient (Wildman–Crippen LogP) is 4.68. The lowest BCUT2D eigenvalue weighted by Crippen LogP contribution is -2.28. The zero-order chi connectivity index (χ0) is 14.7. The molecule has 1 aromatic carbocycles. The molecule has 1 saturated carbocycles. The number of halogens is 2. The van der Waals surface area contributed by atoms with E-state index in [2.05, 4.69) is 28.2 Å². The van der Waals surface area contributed by atoms with Crippen molar-refractivity contribution in [2.24, 2.45) is 11.8 Å². The van der Waals surface area contributed by atoms with Crippen molar-refractivity contribution < 1.29 is 9.13 Å². The molecule has 0 amide bonds. The van der Waals surface area contributed by atoms with Gasteiger partial charge in [0.05, 0.1) is 11.6 Å². The van der Waals surface area contributed by atoms with Crippen LogP contribution in [0.4, 0.5) is 4.39 Å². The van der Waals surface area contributed by atoms with E-state index in [4.69, 9.17) is 4.74 Å². The molecule has 20 heavy (non-hydrogen) atoms. The van der Waals surface area contributed by atoms with Crippen molar-refractivity contribution in [2.45, 2.75) is 38.6 Å². The fourth-order valence-corrected chi connectivity index (χ4v) is 3.59. The number of rotatable bonds is 4. The van der Waals surface area contributed by atoms with Crippen molar-refractivity contribution in [1.29, 1.82) is 0 Å². The van der Waals surface area contributed by atoms with Crippen LogP contribution in [0.3, 0.4) is 0 Å². The number of methoxy groups -OCH3 is 1. The smallest absolute Gasteiger partial charge is 0.141 e. The predicted molar refractivity (Wildman–Crippen MR) is 83.6 cm³/mol. The van der Waals surface area contributed by atoms with Gasteiger partial charge in [-0.2, -0.15) is 0 Å². The first-order valence-electron chi connectivity index (χ1n) is 7.27. The summed E-state index contributed by atoms with van der Waals surface area (Å²) in [5, 5.41) is 3.40. The van der Waals surface area contributed by atoms with Crippen LogP contribution < -0.4 is 10.1 Å². The Morgan fingerprint density at radius 2 is 1.95 bits per heavy atom. The Labute approximate surface area is 129 Å². The highest BCUT2D eigenvalue weighted by Crippen LogP contribution is 2.40. The van der Waals surface area contributed by atoms with Crippen LogP contribution >= 0.6 is 15.9 Å². The lowest BCUT2D eigenvalue weighted by atomic mass is 9.77. The number of ether oxygens (including phenoxy) is 1. The topological polar surface area (TPSA) is 21.3 Å². The highest BCUT2D eigenvalue weighted by molar-refractivity contribution is 9.10. The lowest BCUT2D eigenvalue weighted by Gasteiger charge is -2.33. The van der Waals surface area contributed by atoms with Gasteiger partial charge >= 0.3 is 0 Å². The molecule has 1 N–H and O–H groups in total. The third kappa shape index (κ3) is 3.34. The maximum absolute atomic E-state index is 13.7. The van der Waals surface area contributed by atoms with Crippen LogP contribution in [0, 0.1) is 17.7 Å². The molecule has 1 fully saturated rings. The van der Waals surface area contributed by atoms with E-state index in [1.165, 1.54) is 31.7 Å². The van der Waals surface area contributed by atoms with Gasteiger partial charge in [-0.3, -0.25) is 0 Å². The van der Waals surface area contributed by atoms with Gasteiger partial charge in [0.25, 0.3) is 0 Å². The quantitative estimate of drug-likeness (QED) is 0.856. The summed E-state index contributed by atoms with van der Waals surface area (Å²) >= 11 is 3.28. The Hall–Kier alpha value is -0.610. The summed E-state index contributed by atoms with van der Waals surface area (Å²) in [5.74, 6) is 1.76. The summed E-state index contributed by atoms with van der Waals surface area (Å²) in [6.45, 7) is 2.32. The van der Waals surface area contributed by atoms with Gasteiger partial charge in [0.2, 0.25) is 0 Å². The molecular weight excluding hydrogens is 321 g/mol. The molecule has 0 aliphatic heterocycles. The first kappa shape index (κ1) is 15.8. The minimum Gasteiger partial charge on any atom is -0.496 e. The monoisotopic (exact) mass is 343 g/mol. The SMILES string of the molecule is CNC(c1cc(Br)c(F)cc1OC)C1CCC(C)CC1. The van der Waals surface area contributed by atoms with Crippen molar-refractivity contribution in [1.82, 2.24) is 5.32 Å². The zero-order valence-electron chi connectivity index (χ0n) is 12.4. The highest BCUT2D eigenvalue weighted by atomic mass is 79.9. The molecular formula is C16H23BrFNO. The van der Waals surface area contributed by atoms with E-state index in [1.54, 1.807) is 7.11 Å². The maximum Gasteiger partial charge on any atom is 0.141 e. The van der Waals surface area contributed by atoms with Gasteiger partial charge in [-0.1, -0.05) is 19.8 Å². The van der Waals surface area contributed by atoms with Crippen LogP contribution in [0.15, 0.2) is 16.6 Å². The largest absolute Gasteiger partial charge is 0.496 e. The van der Waals surface area contributed by atoms with Gasteiger partial charge in [-0.05, 0) is 53.7 Å². The molecule has 0 saturated heterocycles. The van der Waals surface area contributed by atoms with Crippen LogP contribution in [-0.2, 0) is 0 Å². The van der Waals surface area contributed by atoms with Crippen molar-refractivity contribution in [3.8, 4) is 5.75 Å². The molecule has 0 heterocycles. The molecule has 1 aliphatic carbocycles. The number of hydrogen-bond acceptors (Lipinski definition) is 2. The summed E-state index contributed by atoms with van der Waals surface area (Å²) < 4.78 is 19.5. The Balaban J connectivity index is 2.29. The van der Waals surface area contributed by atoms with Gasteiger partial charge in [-0.25, -0.2) is 4.39 Å². The molecule has 0 bridgehead atoms. The Kier molecular flexibility index (Phi) is 5.44. The summed E-state index contributed by atoms with van der Waals surface area (Å²) in [4.78, 5) is 0. The average molecular weight is 344 g/mol. The molecule has 4 heteroatoms. The first-order chi connectivity index (χ1) is 9.56. The molecule has 0 radical (unpaired) electrons. The van der Waals surface area contributed by atoms with E-state index in [9.17, 15) is 4.39 Å². The average Bonchev–Trinajstić information content (AvgIpc) is 2.45. The standard InChI is InChI=1S/C16H23BrFNO/c1-10-4-6-11(7-5-10)16(19-2)12-8-13(17)14(18)9-15(12)20-3/h8-11,16,19H,4-7H2,1-3H3. The number of benzene rings is 1. The highest BCUT2D eigenvalue weighted by Gasteiger charge is 2.28. The summed E-state index contributed by atoms with van der Waals surface area (Å²) in [5.41, 5.74) is 1.04. The van der Waals surface area contributed by atoms with Gasteiger partial charge in [0.15, 0.2) is 0 Å². The Morgan fingerprint density at radius 3 is 2.50 bits per heavy atom. The molecule has 1 atom stereocenters. The molecule has 0 spiro atoms. The summed E-state index contributed by atoms with van der Waals surface area (Å²) in [7, 11) is 3.57. The van der Waals surface area contributed by atoms with E-state index >= 15 is 0 Å². The minimum atomic E-state index is -0.280. The van der Waals surface area contributed by atoms with Crippen molar-refractivity contribution in [3.05, 3.63) is 28.0 Å². The number of nitrogens with one attached hydrogen (secondary N) is 1. The van der Waals surface area contributed by atoms with E-state index in [1.807, 2.05) is 13.1 Å². The fraction of sp³-hybridized carbons (Fsp3) is 0.625. The zero-order valence-corrected chi connectivity index (χ0v) is 14.0. The van der Waals surface area contributed by atoms with Gasteiger partial charge in [0, 0.05) is 17.7 Å². The van der Waals surface area contributed by atoms with Crippen molar-refractivity contribution in [2.75, 3.05) is 14.2 Å². The molecule has 2 nitrogen and oxygen atoms in total. The van der Waals surface area contributed by atoms with Crippen LogP contribution in [0.2, 0.25) is 0 Å². The van der Waals surface area contributed by atoms with Gasteiger partial charge < -0.3 is 10.1 Å². The molecule has 1 aliphatic rings. The van der Waals surface area contributed by atoms with Gasteiger partial charge in [-0.15, -0.1) is 0 Å². The van der Waals surface area contributed by atoms with E-state index in [0.717, 1.165) is 11.5 Å². The molecule has 112 valence electrons. The van der Waals surface area contributed by atoms with E-state index < -0.39 is 0 Å². The fourth-order valence-electron chi connectivity index (χ4n) is 3.23. The second-order valence-corrected chi connectivity index (χ2v) is 6.65. The second kappa shape index (κ2) is 6.90. The second-order valence-electron chi connectivity index (χ2n) is 5.79. The molecule has 0 aromatic heterocycles. The third-order valence-electron chi connectivity index (χ3n) is 4.45. The summed E-state index contributed by atoms with van der Waals surface area (Å²) in [6.07, 6.45) is 4.97. The Morgan fingerprint density at radius 1 is 1.30 bits per heavy atom. The molecule has 1 unspecified atom stereocenters. The van der Waals surface area contributed by atoms with Crippen molar-refractivity contribution >= 4 is 15.9 Å². The van der Waals surface area contributed by atoms with E-state index in [0.29, 0.717) is 16.1 Å². The number of hydrogen-bond donors (Lipinski definition) is 1. The van der Waals surface area contributed by atoms with Crippen LogP contribution in [0.25, 0.3) is 0 Å². The van der Waals surface area contributed by atoms with Crippen LogP contribution in [0.1, 0.15) is 44.2 Å². The van der Waals surface area contributed by atoms with Crippen LogP contribution in [-0.4, -0.2) is 14.2 Å².